The molecule has 2 aromatic rings. The minimum Gasteiger partial charge on any atom is -0.310 e. The highest BCUT2D eigenvalue weighted by Gasteiger charge is 2.13. The molecule has 1 N–H and O–H groups in total. The Hall–Kier alpha value is -1.20. The molecular formula is C16H23BrN4. The van der Waals surface area contributed by atoms with Crippen molar-refractivity contribution in [3.8, 4) is 5.69 Å². The summed E-state index contributed by atoms with van der Waals surface area (Å²) in [5.41, 5.74) is 2.31. The minimum absolute atomic E-state index is 0.325. The number of nitrogens with one attached hydrogen (secondary N) is 1. The zero-order chi connectivity index (χ0) is 15.4. The summed E-state index contributed by atoms with van der Waals surface area (Å²) in [5, 5.41) is 8.02. The summed E-state index contributed by atoms with van der Waals surface area (Å²) in [6.07, 6.45) is 1.73. The van der Waals surface area contributed by atoms with Gasteiger partial charge in [-0.25, -0.2) is 9.67 Å². The lowest BCUT2D eigenvalue weighted by Gasteiger charge is -2.15. The van der Waals surface area contributed by atoms with Crippen LogP contribution in [-0.4, -0.2) is 21.3 Å². The van der Waals surface area contributed by atoms with E-state index in [1.807, 2.05) is 4.68 Å². The van der Waals surface area contributed by atoms with E-state index >= 15 is 0 Å². The Bertz CT molecular complexity index is 606. The van der Waals surface area contributed by atoms with Gasteiger partial charge in [-0.3, -0.25) is 0 Å². The molecular weight excluding hydrogens is 328 g/mol. The Kier molecular flexibility index (Phi) is 5.53. The van der Waals surface area contributed by atoms with Crippen LogP contribution < -0.4 is 5.32 Å². The highest BCUT2D eigenvalue weighted by atomic mass is 79.9. The molecule has 0 spiro atoms. The molecule has 0 amide bonds. The molecule has 0 radical (unpaired) electrons. The molecule has 114 valence electrons. The molecule has 0 bridgehead atoms. The standard InChI is InChI=1S/C16H23BrN4/c1-5-15-19-16(6-2)21(20-15)12-8-9-13(14(17)10-12)11(4)18-7-3/h8-11,18H,5-7H2,1-4H3. The lowest BCUT2D eigenvalue weighted by molar-refractivity contribution is 0.596. The number of aromatic nitrogens is 3. The van der Waals surface area contributed by atoms with E-state index in [1.54, 1.807) is 0 Å². The third-order valence-electron chi connectivity index (χ3n) is 3.56. The number of hydrogen-bond acceptors (Lipinski definition) is 3. The summed E-state index contributed by atoms with van der Waals surface area (Å²) in [7, 11) is 0. The predicted molar refractivity (Wildman–Crippen MR) is 89.9 cm³/mol. The number of rotatable bonds is 6. The Labute approximate surface area is 135 Å². The lowest BCUT2D eigenvalue weighted by Crippen LogP contribution is -2.18. The Balaban J connectivity index is 2.38. The molecule has 0 saturated carbocycles. The average Bonchev–Trinajstić information content (AvgIpc) is 2.90. The van der Waals surface area contributed by atoms with E-state index in [0.29, 0.717) is 6.04 Å². The number of halogens is 1. The summed E-state index contributed by atoms with van der Waals surface area (Å²) in [6.45, 7) is 9.44. The second-order valence-corrected chi connectivity index (χ2v) is 5.90. The van der Waals surface area contributed by atoms with E-state index in [4.69, 9.17) is 0 Å². The van der Waals surface area contributed by atoms with Crippen molar-refractivity contribution in [2.24, 2.45) is 0 Å². The molecule has 21 heavy (non-hydrogen) atoms. The first-order valence-corrected chi connectivity index (χ1v) is 8.37. The van der Waals surface area contributed by atoms with Gasteiger partial charge in [-0.15, -0.1) is 0 Å². The highest BCUT2D eigenvalue weighted by molar-refractivity contribution is 9.10. The normalized spacial score (nSPS) is 12.6. The highest BCUT2D eigenvalue weighted by Crippen LogP contribution is 2.26. The first-order chi connectivity index (χ1) is 10.1. The molecule has 4 nitrogen and oxygen atoms in total. The second-order valence-electron chi connectivity index (χ2n) is 5.05. The van der Waals surface area contributed by atoms with E-state index in [1.165, 1.54) is 5.56 Å². The average molecular weight is 351 g/mol. The van der Waals surface area contributed by atoms with Crippen molar-refractivity contribution in [2.45, 2.75) is 46.6 Å². The molecule has 1 unspecified atom stereocenters. The Morgan fingerprint density at radius 1 is 1.24 bits per heavy atom. The fraction of sp³-hybridized carbons (Fsp3) is 0.500. The molecule has 1 heterocycles. The van der Waals surface area contributed by atoms with E-state index in [2.05, 4.69) is 77.2 Å². The zero-order valence-electron chi connectivity index (χ0n) is 13.2. The quantitative estimate of drug-likeness (QED) is 0.860. The van der Waals surface area contributed by atoms with Gasteiger partial charge in [0.2, 0.25) is 0 Å². The maximum Gasteiger partial charge on any atom is 0.151 e. The van der Waals surface area contributed by atoms with Crippen LogP contribution in [0.15, 0.2) is 22.7 Å². The van der Waals surface area contributed by atoms with Crippen LogP contribution in [0.25, 0.3) is 5.69 Å². The summed E-state index contributed by atoms with van der Waals surface area (Å²) < 4.78 is 3.05. The molecule has 0 fully saturated rings. The van der Waals surface area contributed by atoms with Gasteiger partial charge in [-0.05, 0) is 31.2 Å². The van der Waals surface area contributed by atoms with Gasteiger partial charge in [0.15, 0.2) is 5.82 Å². The van der Waals surface area contributed by atoms with Crippen molar-refractivity contribution in [1.82, 2.24) is 20.1 Å². The van der Waals surface area contributed by atoms with E-state index in [9.17, 15) is 0 Å². The van der Waals surface area contributed by atoms with Crippen LogP contribution in [0.4, 0.5) is 0 Å². The van der Waals surface area contributed by atoms with Crippen LogP contribution in [-0.2, 0) is 12.8 Å². The molecule has 0 aliphatic rings. The van der Waals surface area contributed by atoms with Crippen molar-refractivity contribution >= 4 is 15.9 Å². The maximum atomic E-state index is 4.59. The minimum atomic E-state index is 0.325. The summed E-state index contributed by atoms with van der Waals surface area (Å²) in [5.74, 6) is 1.90. The summed E-state index contributed by atoms with van der Waals surface area (Å²) in [6, 6.07) is 6.71. The molecule has 0 aliphatic carbocycles. The van der Waals surface area contributed by atoms with Gasteiger partial charge in [-0.1, -0.05) is 42.8 Å². The molecule has 0 saturated heterocycles. The van der Waals surface area contributed by atoms with Gasteiger partial charge in [0.05, 0.1) is 5.69 Å². The molecule has 0 aliphatic heterocycles. The monoisotopic (exact) mass is 350 g/mol. The maximum absolute atomic E-state index is 4.59. The smallest absolute Gasteiger partial charge is 0.151 e. The van der Waals surface area contributed by atoms with Crippen molar-refractivity contribution in [2.75, 3.05) is 6.54 Å². The van der Waals surface area contributed by atoms with Crippen molar-refractivity contribution < 1.29 is 0 Å². The van der Waals surface area contributed by atoms with Crippen molar-refractivity contribution in [3.05, 3.63) is 39.9 Å². The fourth-order valence-electron chi connectivity index (χ4n) is 2.39. The van der Waals surface area contributed by atoms with Gasteiger partial charge in [0.1, 0.15) is 5.82 Å². The van der Waals surface area contributed by atoms with Crippen LogP contribution >= 0.6 is 15.9 Å². The molecule has 1 aromatic carbocycles. The number of aryl methyl sites for hydroxylation is 2. The number of hydrogen-bond donors (Lipinski definition) is 1. The molecule has 1 aromatic heterocycles. The Morgan fingerprint density at radius 2 is 2.00 bits per heavy atom. The second kappa shape index (κ2) is 7.18. The predicted octanol–water partition coefficient (Wildman–Crippen LogP) is 3.83. The third kappa shape index (κ3) is 3.52. The first-order valence-electron chi connectivity index (χ1n) is 7.58. The first kappa shape index (κ1) is 16.2. The van der Waals surface area contributed by atoms with Gasteiger partial charge in [-0.2, -0.15) is 5.10 Å². The van der Waals surface area contributed by atoms with Gasteiger partial charge in [0.25, 0.3) is 0 Å². The van der Waals surface area contributed by atoms with E-state index < -0.39 is 0 Å². The van der Waals surface area contributed by atoms with Gasteiger partial charge >= 0.3 is 0 Å². The fourth-order valence-corrected chi connectivity index (χ4v) is 3.10. The van der Waals surface area contributed by atoms with E-state index in [0.717, 1.165) is 41.2 Å². The lowest BCUT2D eigenvalue weighted by atomic mass is 10.1. The van der Waals surface area contributed by atoms with Gasteiger partial charge < -0.3 is 5.32 Å². The van der Waals surface area contributed by atoms with Gasteiger partial charge in [0, 0.05) is 23.4 Å². The van der Waals surface area contributed by atoms with Crippen molar-refractivity contribution in [3.63, 3.8) is 0 Å². The molecule has 2 rings (SSSR count). The largest absolute Gasteiger partial charge is 0.310 e. The van der Waals surface area contributed by atoms with Crippen LogP contribution in [0.2, 0.25) is 0 Å². The molecule has 5 heteroatoms. The van der Waals surface area contributed by atoms with Crippen LogP contribution in [0.1, 0.15) is 50.9 Å². The number of benzene rings is 1. The zero-order valence-corrected chi connectivity index (χ0v) is 14.7. The third-order valence-corrected chi connectivity index (χ3v) is 4.24. The molecule has 1 atom stereocenters. The Morgan fingerprint density at radius 3 is 2.57 bits per heavy atom. The van der Waals surface area contributed by atoms with Crippen LogP contribution in [0, 0.1) is 0 Å². The van der Waals surface area contributed by atoms with E-state index in [-0.39, 0.29) is 0 Å². The van der Waals surface area contributed by atoms with Crippen molar-refractivity contribution in [1.29, 1.82) is 0 Å². The van der Waals surface area contributed by atoms with Crippen LogP contribution in [0.3, 0.4) is 0 Å². The topological polar surface area (TPSA) is 42.7 Å². The van der Waals surface area contributed by atoms with Crippen LogP contribution in [0.5, 0.6) is 0 Å². The SMILES string of the molecule is CCNC(C)c1ccc(-n2nc(CC)nc2CC)cc1Br. The summed E-state index contributed by atoms with van der Waals surface area (Å²) >= 11 is 3.68. The number of nitrogens with zero attached hydrogens (tertiary/aromatic N) is 3. The summed E-state index contributed by atoms with van der Waals surface area (Å²) in [4.78, 5) is 4.56.